The van der Waals surface area contributed by atoms with Gasteiger partial charge in [0.05, 0.1) is 20.8 Å². The standard InChI is InChI=1S/C23H27NO8/c1-6-31-22(26)23(29-4,30-5)13-32-19-15(10-11-18(27-2)20(19)28-3)14-8-7-9-16-17(14)12-24-21(16)25/h7-11H,6,12-13H2,1-5H3,(H,24,25). The fourth-order valence-electron chi connectivity index (χ4n) is 3.60. The lowest BCUT2D eigenvalue weighted by Gasteiger charge is -2.29. The summed E-state index contributed by atoms with van der Waals surface area (Å²) in [6.45, 7) is 1.91. The van der Waals surface area contributed by atoms with Crippen LogP contribution >= 0.6 is 0 Å². The number of amides is 1. The normalized spacial score (nSPS) is 12.7. The number of hydrogen-bond acceptors (Lipinski definition) is 8. The molecule has 1 aliphatic rings. The second-order valence-electron chi connectivity index (χ2n) is 6.86. The van der Waals surface area contributed by atoms with Crippen LogP contribution < -0.4 is 19.5 Å². The van der Waals surface area contributed by atoms with Crippen molar-refractivity contribution in [2.45, 2.75) is 19.3 Å². The van der Waals surface area contributed by atoms with Gasteiger partial charge in [0.25, 0.3) is 5.91 Å². The Balaban J connectivity index is 2.11. The lowest BCUT2D eigenvalue weighted by Crippen LogP contribution is -2.49. The zero-order valence-corrected chi connectivity index (χ0v) is 18.8. The molecule has 9 heteroatoms. The highest BCUT2D eigenvalue weighted by molar-refractivity contribution is 6.01. The summed E-state index contributed by atoms with van der Waals surface area (Å²) in [5.41, 5.74) is 2.87. The molecule has 0 unspecified atom stereocenters. The second-order valence-corrected chi connectivity index (χ2v) is 6.86. The van der Waals surface area contributed by atoms with E-state index in [1.807, 2.05) is 6.07 Å². The zero-order valence-electron chi connectivity index (χ0n) is 18.8. The van der Waals surface area contributed by atoms with E-state index in [1.54, 1.807) is 31.2 Å². The van der Waals surface area contributed by atoms with Crippen LogP contribution in [0.3, 0.4) is 0 Å². The molecule has 1 heterocycles. The van der Waals surface area contributed by atoms with Crippen LogP contribution in [0.2, 0.25) is 0 Å². The van der Waals surface area contributed by atoms with Gasteiger partial charge in [0, 0.05) is 31.9 Å². The number of hydrogen-bond donors (Lipinski definition) is 1. The van der Waals surface area contributed by atoms with E-state index in [0.717, 1.165) is 11.1 Å². The summed E-state index contributed by atoms with van der Waals surface area (Å²) in [7, 11) is 5.65. The Morgan fingerprint density at radius 2 is 1.69 bits per heavy atom. The van der Waals surface area contributed by atoms with Crippen molar-refractivity contribution in [1.82, 2.24) is 5.32 Å². The highest BCUT2D eigenvalue weighted by Crippen LogP contribution is 2.46. The van der Waals surface area contributed by atoms with Crippen molar-refractivity contribution in [2.75, 3.05) is 41.7 Å². The van der Waals surface area contributed by atoms with Gasteiger partial charge in [-0.25, -0.2) is 4.79 Å². The van der Waals surface area contributed by atoms with Crippen molar-refractivity contribution in [1.29, 1.82) is 0 Å². The van der Waals surface area contributed by atoms with Crippen LogP contribution in [0.1, 0.15) is 22.8 Å². The first-order valence-corrected chi connectivity index (χ1v) is 10.0. The van der Waals surface area contributed by atoms with Crippen LogP contribution in [0.4, 0.5) is 0 Å². The van der Waals surface area contributed by atoms with Gasteiger partial charge < -0.3 is 33.7 Å². The van der Waals surface area contributed by atoms with Crippen LogP contribution in [0.15, 0.2) is 30.3 Å². The fraction of sp³-hybridized carbons (Fsp3) is 0.391. The maximum atomic E-state index is 12.5. The molecule has 0 bridgehead atoms. The molecule has 1 N–H and O–H groups in total. The van der Waals surface area contributed by atoms with E-state index < -0.39 is 11.8 Å². The minimum Gasteiger partial charge on any atom is -0.493 e. The van der Waals surface area contributed by atoms with E-state index in [4.69, 9.17) is 28.4 Å². The number of methoxy groups -OCH3 is 4. The molecule has 172 valence electrons. The number of ether oxygens (including phenoxy) is 6. The van der Waals surface area contributed by atoms with Gasteiger partial charge in [0.1, 0.15) is 0 Å². The van der Waals surface area contributed by atoms with Gasteiger partial charge in [0.15, 0.2) is 18.1 Å². The van der Waals surface area contributed by atoms with Gasteiger partial charge in [-0.1, -0.05) is 12.1 Å². The number of carbonyl (C=O) groups is 2. The molecular weight excluding hydrogens is 418 g/mol. The summed E-state index contributed by atoms with van der Waals surface area (Å²) in [5, 5.41) is 2.83. The van der Waals surface area contributed by atoms with Crippen LogP contribution in [0, 0.1) is 0 Å². The molecule has 0 radical (unpaired) electrons. The first-order valence-electron chi connectivity index (χ1n) is 10.0. The highest BCUT2D eigenvalue weighted by atomic mass is 16.7. The van der Waals surface area contributed by atoms with Crippen LogP contribution in [0.5, 0.6) is 17.2 Å². The molecular formula is C23H27NO8. The molecule has 3 rings (SSSR count). The zero-order chi connectivity index (χ0) is 23.3. The number of rotatable bonds is 10. The third kappa shape index (κ3) is 4.09. The van der Waals surface area contributed by atoms with E-state index in [1.165, 1.54) is 28.4 Å². The third-order valence-electron chi connectivity index (χ3n) is 5.29. The van der Waals surface area contributed by atoms with Gasteiger partial charge in [-0.15, -0.1) is 0 Å². The summed E-state index contributed by atoms with van der Waals surface area (Å²) in [5.74, 6) is -1.57. The average Bonchev–Trinajstić information content (AvgIpc) is 3.20. The molecule has 0 saturated carbocycles. The molecule has 0 aromatic heterocycles. The molecule has 0 spiro atoms. The van der Waals surface area contributed by atoms with Crippen molar-refractivity contribution in [2.24, 2.45) is 0 Å². The molecule has 32 heavy (non-hydrogen) atoms. The Morgan fingerprint density at radius 3 is 2.31 bits per heavy atom. The van der Waals surface area contributed by atoms with E-state index in [2.05, 4.69) is 5.32 Å². The molecule has 2 aromatic carbocycles. The Hall–Kier alpha value is -3.30. The maximum Gasteiger partial charge on any atom is 0.370 e. The summed E-state index contributed by atoms with van der Waals surface area (Å²) < 4.78 is 32.9. The predicted molar refractivity (Wildman–Crippen MR) is 115 cm³/mol. The SMILES string of the molecule is CCOC(=O)C(COc1c(-c2cccc3c2CNC3=O)ccc(OC)c1OC)(OC)OC. The van der Waals surface area contributed by atoms with Gasteiger partial charge in [-0.2, -0.15) is 0 Å². The number of esters is 1. The maximum absolute atomic E-state index is 12.5. The van der Waals surface area contributed by atoms with Crippen LogP contribution in [-0.2, 0) is 25.5 Å². The first-order chi connectivity index (χ1) is 15.5. The summed E-state index contributed by atoms with van der Waals surface area (Å²) >= 11 is 0. The molecule has 0 atom stereocenters. The van der Waals surface area contributed by atoms with Crippen LogP contribution in [-0.4, -0.2) is 59.3 Å². The van der Waals surface area contributed by atoms with Crippen LogP contribution in [0.25, 0.3) is 11.1 Å². The monoisotopic (exact) mass is 445 g/mol. The molecule has 0 fully saturated rings. The van der Waals surface area contributed by atoms with Crippen molar-refractivity contribution >= 4 is 11.9 Å². The Bertz CT molecular complexity index is 1000. The predicted octanol–water partition coefficient (Wildman–Crippen LogP) is 2.55. The minimum absolute atomic E-state index is 0.134. The minimum atomic E-state index is -1.78. The number of carbonyl (C=O) groups excluding carboxylic acids is 2. The topological polar surface area (TPSA) is 102 Å². The largest absolute Gasteiger partial charge is 0.493 e. The summed E-state index contributed by atoms with van der Waals surface area (Å²) in [6.07, 6.45) is 0. The van der Waals surface area contributed by atoms with E-state index in [0.29, 0.717) is 34.9 Å². The fourth-order valence-corrected chi connectivity index (χ4v) is 3.60. The lowest BCUT2D eigenvalue weighted by atomic mass is 9.95. The molecule has 0 saturated heterocycles. The second kappa shape index (κ2) is 9.88. The van der Waals surface area contributed by atoms with Crippen molar-refractivity contribution in [3.05, 3.63) is 41.5 Å². The number of benzene rings is 2. The highest BCUT2D eigenvalue weighted by Gasteiger charge is 2.43. The average molecular weight is 445 g/mol. The van der Waals surface area contributed by atoms with Crippen molar-refractivity contribution in [3.63, 3.8) is 0 Å². The van der Waals surface area contributed by atoms with Crippen molar-refractivity contribution in [3.8, 4) is 28.4 Å². The molecule has 9 nitrogen and oxygen atoms in total. The van der Waals surface area contributed by atoms with Gasteiger partial charge in [-0.05, 0) is 36.2 Å². The smallest absolute Gasteiger partial charge is 0.370 e. The molecule has 0 aliphatic carbocycles. The summed E-state index contributed by atoms with van der Waals surface area (Å²) in [4.78, 5) is 24.7. The molecule has 1 amide bonds. The van der Waals surface area contributed by atoms with Crippen molar-refractivity contribution < 1.29 is 38.0 Å². The quantitative estimate of drug-likeness (QED) is 0.440. The Kier molecular flexibility index (Phi) is 7.22. The summed E-state index contributed by atoms with van der Waals surface area (Å²) in [6, 6.07) is 9.01. The van der Waals surface area contributed by atoms with Gasteiger partial charge in [0.2, 0.25) is 5.75 Å². The Labute approximate surface area is 186 Å². The first kappa shape index (κ1) is 23.4. The van der Waals surface area contributed by atoms with E-state index in [9.17, 15) is 9.59 Å². The molecule has 2 aromatic rings. The number of fused-ring (bicyclic) bond motifs is 1. The van der Waals surface area contributed by atoms with Gasteiger partial charge >= 0.3 is 11.8 Å². The van der Waals surface area contributed by atoms with Gasteiger partial charge in [-0.3, -0.25) is 4.79 Å². The van der Waals surface area contributed by atoms with E-state index in [-0.39, 0.29) is 19.1 Å². The lowest BCUT2D eigenvalue weighted by molar-refractivity contribution is -0.238. The Morgan fingerprint density at radius 1 is 0.969 bits per heavy atom. The van der Waals surface area contributed by atoms with E-state index >= 15 is 0 Å². The number of nitrogens with one attached hydrogen (secondary N) is 1. The molecule has 1 aliphatic heterocycles. The third-order valence-corrected chi connectivity index (χ3v) is 5.29.